The van der Waals surface area contributed by atoms with E-state index in [1.165, 1.54) is 4.80 Å². The molecule has 0 unspecified atom stereocenters. The van der Waals surface area contributed by atoms with E-state index in [-0.39, 0.29) is 6.54 Å². The Bertz CT molecular complexity index is 422. The van der Waals surface area contributed by atoms with Crippen LogP contribution in [0.4, 0.5) is 0 Å². The summed E-state index contributed by atoms with van der Waals surface area (Å²) in [6.07, 6.45) is 0. The Morgan fingerprint density at radius 1 is 1.29 bits per heavy atom. The van der Waals surface area contributed by atoms with Crippen molar-refractivity contribution in [2.75, 3.05) is 0 Å². The number of hydrogen-bond donors (Lipinski definition) is 1. The molecule has 0 spiro atoms. The average Bonchev–Trinajstić information content (AvgIpc) is 2.67. The summed E-state index contributed by atoms with van der Waals surface area (Å²) in [6.45, 7) is 0.285. The molecule has 2 N–H and O–H groups in total. The van der Waals surface area contributed by atoms with Gasteiger partial charge in [-0.15, -0.1) is 15.0 Å². The predicted molar refractivity (Wildman–Crippen MR) is 52.1 cm³/mol. The summed E-state index contributed by atoms with van der Waals surface area (Å²) < 4.78 is 0. The second kappa shape index (κ2) is 3.73. The molecule has 0 aliphatic rings. The molecule has 0 aliphatic carbocycles. The largest absolute Gasteiger partial charge is 0.324 e. The maximum Gasteiger partial charge on any atom is 0.188 e. The summed E-state index contributed by atoms with van der Waals surface area (Å²) in [5.74, 6) is 0.514. The highest BCUT2D eigenvalue weighted by Gasteiger charge is 2.01. The fraction of sp³-hybridized carbons (Fsp3) is 0.125. The second-order valence-corrected chi connectivity index (χ2v) is 3.11. The van der Waals surface area contributed by atoms with Crippen molar-refractivity contribution in [3.05, 3.63) is 35.1 Å². The first kappa shape index (κ1) is 9.11. The maximum absolute atomic E-state index is 5.75. The summed E-state index contributed by atoms with van der Waals surface area (Å²) in [6, 6.07) is 7.15. The Morgan fingerprint density at radius 3 is 2.57 bits per heavy atom. The maximum atomic E-state index is 5.75. The van der Waals surface area contributed by atoms with Gasteiger partial charge in [-0.05, 0) is 29.5 Å². The number of benzene rings is 1. The molecule has 5 nitrogen and oxygen atoms in total. The standard InChI is InChI=1S/C8H8ClN5/c9-6-1-3-7(4-2-6)14-12-8(5-10)11-13-14/h1-4H,5,10H2. The second-order valence-electron chi connectivity index (χ2n) is 2.68. The molecule has 2 rings (SSSR count). The number of nitrogens with two attached hydrogens (primary N) is 1. The van der Waals surface area contributed by atoms with Gasteiger partial charge < -0.3 is 5.73 Å². The molecule has 6 heteroatoms. The van der Waals surface area contributed by atoms with E-state index in [1.807, 2.05) is 12.1 Å². The summed E-state index contributed by atoms with van der Waals surface area (Å²) >= 11 is 5.75. The van der Waals surface area contributed by atoms with Crippen LogP contribution in [-0.2, 0) is 6.54 Å². The molecule has 0 aliphatic heterocycles. The number of aromatic nitrogens is 4. The van der Waals surface area contributed by atoms with Gasteiger partial charge in [0.2, 0.25) is 0 Å². The van der Waals surface area contributed by atoms with E-state index in [0.29, 0.717) is 10.8 Å². The molecule has 2 aromatic rings. The van der Waals surface area contributed by atoms with Gasteiger partial charge in [0.25, 0.3) is 0 Å². The minimum Gasteiger partial charge on any atom is -0.324 e. The van der Waals surface area contributed by atoms with E-state index in [9.17, 15) is 0 Å². The summed E-state index contributed by atoms with van der Waals surface area (Å²) in [5.41, 5.74) is 6.17. The van der Waals surface area contributed by atoms with Crippen molar-refractivity contribution in [2.24, 2.45) is 5.73 Å². The molecular formula is C8H8ClN5. The minimum atomic E-state index is 0.285. The van der Waals surface area contributed by atoms with E-state index in [0.717, 1.165) is 5.69 Å². The van der Waals surface area contributed by atoms with Crippen LogP contribution in [0, 0.1) is 0 Å². The Kier molecular flexibility index (Phi) is 2.43. The third-order valence-corrected chi connectivity index (χ3v) is 1.95. The number of nitrogens with zero attached hydrogens (tertiary/aromatic N) is 4. The molecule has 14 heavy (non-hydrogen) atoms. The normalized spacial score (nSPS) is 10.4. The van der Waals surface area contributed by atoms with Gasteiger partial charge in [-0.25, -0.2) is 0 Å². The SMILES string of the molecule is NCc1nnn(-c2ccc(Cl)cc2)n1. The molecule has 0 saturated heterocycles. The van der Waals surface area contributed by atoms with Crippen LogP contribution in [0.1, 0.15) is 5.82 Å². The lowest BCUT2D eigenvalue weighted by atomic mass is 10.3. The summed E-state index contributed by atoms with van der Waals surface area (Å²) in [7, 11) is 0. The molecule has 1 aromatic heterocycles. The average molecular weight is 210 g/mol. The number of halogens is 1. The summed E-state index contributed by atoms with van der Waals surface area (Å²) in [4.78, 5) is 1.42. The molecule has 1 heterocycles. The zero-order valence-corrected chi connectivity index (χ0v) is 8.02. The van der Waals surface area contributed by atoms with Crippen LogP contribution >= 0.6 is 11.6 Å². The van der Waals surface area contributed by atoms with Gasteiger partial charge in [0.05, 0.1) is 12.2 Å². The summed E-state index contributed by atoms with van der Waals surface area (Å²) in [5, 5.41) is 12.3. The lowest BCUT2D eigenvalue weighted by Gasteiger charge is -1.96. The molecular weight excluding hydrogens is 202 g/mol. The van der Waals surface area contributed by atoms with Crippen molar-refractivity contribution in [1.82, 2.24) is 20.2 Å². The van der Waals surface area contributed by atoms with Crippen LogP contribution < -0.4 is 5.73 Å². The Balaban J connectivity index is 2.34. The Morgan fingerprint density at radius 2 is 2.00 bits per heavy atom. The highest BCUT2D eigenvalue weighted by Crippen LogP contribution is 2.11. The number of hydrogen-bond acceptors (Lipinski definition) is 4. The van der Waals surface area contributed by atoms with E-state index >= 15 is 0 Å². The lowest BCUT2D eigenvalue weighted by molar-refractivity contribution is 0.717. The van der Waals surface area contributed by atoms with Crippen LogP contribution in [-0.4, -0.2) is 20.2 Å². The van der Waals surface area contributed by atoms with Crippen molar-refractivity contribution in [3.8, 4) is 5.69 Å². The van der Waals surface area contributed by atoms with E-state index in [1.54, 1.807) is 12.1 Å². The van der Waals surface area contributed by atoms with E-state index in [2.05, 4.69) is 15.4 Å². The molecule has 72 valence electrons. The first-order valence-electron chi connectivity index (χ1n) is 4.04. The fourth-order valence-corrected chi connectivity index (χ4v) is 1.13. The number of rotatable bonds is 2. The van der Waals surface area contributed by atoms with Crippen molar-refractivity contribution in [3.63, 3.8) is 0 Å². The van der Waals surface area contributed by atoms with Crippen LogP contribution in [0.5, 0.6) is 0 Å². The molecule has 1 aromatic carbocycles. The first-order valence-corrected chi connectivity index (χ1v) is 4.42. The smallest absolute Gasteiger partial charge is 0.188 e. The topological polar surface area (TPSA) is 69.6 Å². The third-order valence-electron chi connectivity index (χ3n) is 1.70. The molecule has 0 bridgehead atoms. The van der Waals surface area contributed by atoms with Gasteiger partial charge in [-0.2, -0.15) is 0 Å². The molecule has 0 amide bonds. The van der Waals surface area contributed by atoms with Crippen molar-refractivity contribution >= 4 is 11.6 Å². The van der Waals surface area contributed by atoms with Crippen molar-refractivity contribution in [1.29, 1.82) is 0 Å². The highest BCUT2D eigenvalue weighted by atomic mass is 35.5. The van der Waals surface area contributed by atoms with Crippen molar-refractivity contribution in [2.45, 2.75) is 6.54 Å². The quantitative estimate of drug-likeness (QED) is 0.794. The van der Waals surface area contributed by atoms with E-state index < -0.39 is 0 Å². The Labute approximate surface area is 85.5 Å². The molecule has 0 fully saturated rings. The molecule has 0 saturated carbocycles. The van der Waals surface area contributed by atoms with E-state index in [4.69, 9.17) is 17.3 Å². The zero-order chi connectivity index (χ0) is 9.97. The third kappa shape index (κ3) is 1.73. The van der Waals surface area contributed by atoms with Crippen LogP contribution in [0.2, 0.25) is 5.02 Å². The molecule has 0 radical (unpaired) electrons. The van der Waals surface area contributed by atoms with Gasteiger partial charge in [0, 0.05) is 5.02 Å². The fourth-order valence-electron chi connectivity index (χ4n) is 1.01. The van der Waals surface area contributed by atoms with Gasteiger partial charge in [0.15, 0.2) is 5.82 Å². The van der Waals surface area contributed by atoms with Crippen molar-refractivity contribution < 1.29 is 0 Å². The first-order chi connectivity index (χ1) is 6.79. The van der Waals surface area contributed by atoms with Gasteiger partial charge in [-0.3, -0.25) is 0 Å². The highest BCUT2D eigenvalue weighted by molar-refractivity contribution is 6.30. The zero-order valence-electron chi connectivity index (χ0n) is 7.26. The van der Waals surface area contributed by atoms with Crippen LogP contribution in [0.15, 0.2) is 24.3 Å². The van der Waals surface area contributed by atoms with Crippen LogP contribution in [0.25, 0.3) is 5.69 Å². The van der Waals surface area contributed by atoms with Gasteiger partial charge in [-0.1, -0.05) is 11.6 Å². The van der Waals surface area contributed by atoms with Gasteiger partial charge >= 0.3 is 0 Å². The Hall–Kier alpha value is -1.46. The minimum absolute atomic E-state index is 0.285. The predicted octanol–water partition coefficient (Wildman–Crippen LogP) is 0.774. The lowest BCUT2D eigenvalue weighted by Crippen LogP contribution is -2.01. The monoisotopic (exact) mass is 209 g/mol. The van der Waals surface area contributed by atoms with Gasteiger partial charge in [0.1, 0.15) is 0 Å². The number of tetrazole rings is 1. The van der Waals surface area contributed by atoms with Crippen LogP contribution in [0.3, 0.4) is 0 Å². The molecule has 0 atom stereocenters.